The van der Waals surface area contributed by atoms with Gasteiger partial charge in [-0.1, -0.05) is 35.7 Å². The lowest BCUT2D eigenvalue weighted by Gasteiger charge is -2.37. The van der Waals surface area contributed by atoms with Gasteiger partial charge in [-0.15, -0.1) is 0 Å². The number of carbonyl (C=O) groups is 1. The Kier molecular flexibility index (Phi) is 5.76. The number of hydrogen-bond donors (Lipinski definition) is 2. The van der Waals surface area contributed by atoms with E-state index in [0.29, 0.717) is 0 Å². The van der Waals surface area contributed by atoms with Crippen molar-refractivity contribution in [2.24, 2.45) is 5.92 Å². The van der Waals surface area contributed by atoms with Crippen LogP contribution in [0, 0.1) is 5.92 Å². The van der Waals surface area contributed by atoms with Crippen LogP contribution in [0.15, 0.2) is 0 Å². The molecule has 1 aliphatic rings. The molecule has 3 nitrogen and oxygen atoms in total. The summed E-state index contributed by atoms with van der Waals surface area (Å²) >= 11 is 9.92. The average Bonchev–Trinajstić information content (AvgIpc) is 2.12. The topological polar surface area (TPSA) is 49.3 Å². The van der Waals surface area contributed by atoms with Crippen LogP contribution in [0.4, 0.5) is 0 Å². The van der Waals surface area contributed by atoms with Gasteiger partial charge < -0.3 is 10.4 Å². The van der Waals surface area contributed by atoms with E-state index < -0.39 is 6.10 Å². The third kappa shape index (κ3) is 3.81. The molecule has 0 saturated carbocycles. The van der Waals surface area contributed by atoms with Gasteiger partial charge in [-0.25, -0.2) is 0 Å². The first-order valence-corrected chi connectivity index (χ1v) is 8.03. The molecule has 1 amide bonds. The van der Waals surface area contributed by atoms with E-state index in [2.05, 4.69) is 5.32 Å². The first-order valence-electron chi connectivity index (χ1n) is 4.37. The van der Waals surface area contributed by atoms with E-state index in [1.165, 1.54) is 11.8 Å². The van der Waals surface area contributed by atoms with Crippen molar-refractivity contribution in [3.8, 4) is 0 Å². The minimum Gasteiger partial charge on any atom is -0.392 e. The van der Waals surface area contributed by atoms with Gasteiger partial charge in [-0.3, -0.25) is 4.79 Å². The van der Waals surface area contributed by atoms with E-state index in [1.807, 2.05) is 6.26 Å². The highest BCUT2D eigenvalue weighted by molar-refractivity contribution is 8.49. The molecular formula is C8H13NO2S4. The summed E-state index contributed by atoms with van der Waals surface area (Å²) in [6, 6.07) is 0. The van der Waals surface area contributed by atoms with Crippen LogP contribution in [0.3, 0.4) is 0 Å². The number of β-lactam (4-membered cyclic amide) rings is 1. The number of thioether (sulfide) groups is 3. The molecule has 1 heterocycles. The summed E-state index contributed by atoms with van der Waals surface area (Å²) < 4.78 is 0.819. The molecule has 0 radical (unpaired) electrons. The minimum atomic E-state index is -0.607. The second-order valence-corrected chi connectivity index (χ2v) is 7.67. The van der Waals surface area contributed by atoms with Crippen LogP contribution in [-0.2, 0) is 4.79 Å². The molecule has 1 rings (SSSR count). The van der Waals surface area contributed by atoms with Crippen molar-refractivity contribution < 1.29 is 9.90 Å². The Hall–Kier alpha value is 0.570. The Labute approximate surface area is 108 Å². The first-order chi connectivity index (χ1) is 7.06. The van der Waals surface area contributed by atoms with Crippen molar-refractivity contribution in [3.05, 3.63) is 0 Å². The molecule has 2 N–H and O–H groups in total. The highest BCUT2D eigenvalue weighted by atomic mass is 32.3. The largest absolute Gasteiger partial charge is 0.392 e. The average molecular weight is 283 g/mol. The summed E-state index contributed by atoms with van der Waals surface area (Å²) in [7, 11) is 0. The molecule has 0 aromatic rings. The van der Waals surface area contributed by atoms with E-state index >= 15 is 0 Å². The van der Waals surface area contributed by atoms with E-state index in [0.717, 1.165) is 8.61 Å². The predicted molar refractivity (Wildman–Crippen MR) is 73.3 cm³/mol. The quantitative estimate of drug-likeness (QED) is 0.463. The molecule has 3 atom stereocenters. The van der Waals surface area contributed by atoms with Gasteiger partial charge in [0, 0.05) is 5.08 Å². The monoisotopic (exact) mass is 283 g/mol. The normalized spacial score (nSPS) is 26.7. The molecule has 7 heteroatoms. The van der Waals surface area contributed by atoms with Gasteiger partial charge in [0.2, 0.25) is 5.91 Å². The Morgan fingerprint density at radius 1 is 1.73 bits per heavy atom. The third-order valence-electron chi connectivity index (χ3n) is 1.95. The molecule has 0 aliphatic carbocycles. The lowest BCUT2D eigenvalue weighted by atomic mass is 9.96. The summed E-state index contributed by atoms with van der Waals surface area (Å²) in [6.45, 7) is 1.63. The van der Waals surface area contributed by atoms with Gasteiger partial charge in [-0.05, 0) is 13.2 Å². The summed E-state index contributed by atoms with van der Waals surface area (Å²) in [5, 5.41) is 13.0. The second-order valence-electron chi connectivity index (χ2n) is 3.11. The molecule has 0 spiro atoms. The molecule has 1 fully saturated rings. The van der Waals surface area contributed by atoms with E-state index in [9.17, 15) is 9.90 Å². The lowest BCUT2D eigenvalue weighted by Crippen LogP contribution is -2.60. The van der Waals surface area contributed by atoms with Gasteiger partial charge in [0.05, 0.1) is 17.4 Å². The van der Waals surface area contributed by atoms with Gasteiger partial charge in [-0.2, -0.15) is 11.8 Å². The fourth-order valence-corrected chi connectivity index (χ4v) is 4.68. The van der Waals surface area contributed by atoms with Crippen molar-refractivity contribution in [2.75, 3.05) is 11.3 Å². The number of amides is 1. The van der Waals surface area contributed by atoms with E-state index in [4.69, 9.17) is 12.2 Å². The second kappa shape index (κ2) is 6.34. The Morgan fingerprint density at radius 2 is 2.40 bits per heavy atom. The third-order valence-corrected chi connectivity index (χ3v) is 5.74. The van der Waals surface area contributed by atoms with Gasteiger partial charge in [0.1, 0.15) is 3.53 Å². The minimum absolute atomic E-state index is 0.0562. The number of hydrogen-bond acceptors (Lipinski definition) is 6. The maximum absolute atomic E-state index is 11.1. The summed E-state index contributed by atoms with van der Waals surface area (Å²) in [6.07, 6.45) is 1.41. The molecule has 15 heavy (non-hydrogen) atoms. The number of aliphatic hydroxyl groups is 1. The zero-order valence-corrected chi connectivity index (χ0v) is 11.7. The highest BCUT2D eigenvalue weighted by Crippen LogP contribution is 2.33. The van der Waals surface area contributed by atoms with Crippen molar-refractivity contribution >= 4 is 56.9 Å². The Bertz CT molecular complexity index is 259. The number of carbonyl (C=O) groups excluding carboxylic acids is 1. The van der Waals surface area contributed by atoms with Crippen molar-refractivity contribution in [2.45, 2.75) is 18.4 Å². The first kappa shape index (κ1) is 13.6. The van der Waals surface area contributed by atoms with Gasteiger partial charge in [0.15, 0.2) is 0 Å². The van der Waals surface area contributed by atoms with Gasteiger partial charge in [0.25, 0.3) is 0 Å². The van der Waals surface area contributed by atoms with Crippen LogP contribution < -0.4 is 5.32 Å². The molecule has 0 aromatic carbocycles. The number of rotatable bonds is 4. The van der Waals surface area contributed by atoms with Crippen LogP contribution in [-0.4, -0.2) is 37.4 Å². The maximum atomic E-state index is 11.1. The van der Waals surface area contributed by atoms with E-state index in [-0.39, 0.29) is 17.2 Å². The van der Waals surface area contributed by atoms with Crippen LogP contribution in [0.2, 0.25) is 0 Å². The number of thiocarbonyl (C=S) groups is 1. The fourth-order valence-electron chi connectivity index (χ4n) is 1.19. The van der Waals surface area contributed by atoms with Crippen LogP contribution in [0.25, 0.3) is 0 Å². The molecule has 0 bridgehead atoms. The SMILES string of the molecule is CSCSC(=S)SC1NC(=O)C1C(C)O. The maximum Gasteiger partial charge on any atom is 0.229 e. The summed E-state index contributed by atoms with van der Waals surface area (Å²) in [5.74, 6) is -0.400. The lowest BCUT2D eigenvalue weighted by molar-refractivity contribution is -0.136. The molecule has 86 valence electrons. The highest BCUT2D eigenvalue weighted by Gasteiger charge is 2.43. The number of nitrogens with one attached hydrogen (secondary N) is 1. The zero-order valence-electron chi connectivity index (χ0n) is 8.43. The van der Waals surface area contributed by atoms with Crippen LogP contribution in [0.1, 0.15) is 6.92 Å². The van der Waals surface area contributed by atoms with Crippen LogP contribution in [0.5, 0.6) is 0 Å². The Balaban J connectivity index is 2.33. The molecule has 1 aliphatic heterocycles. The van der Waals surface area contributed by atoms with Crippen molar-refractivity contribution in [1.29, 1.82) is 0 Å². The Morgan fingerprint density at radius 3 is 2.87 bits per heavy atom. The molecular weight excluding hydrogens is 270 g/mol. The zero-order chi connectivity index (χ0) is 11.4. The van der Waals surface area contributed by atoms with Gasteiger partial charge >= 0.3 is 0 Å². The van der Waals surface area contributed by atoms with Crippen molar-refractivity contribution in [1.82, 2.24) is 5.32 Å². The standard InChI is InChI=1S/C8H13NO2S4/c1-4(10)5-6(11)9-7(5)15-8(12)14-3-13-2/h4-5,7,10H,3H2,1-2H3,(H,9,11). The van der Waals surface area contributed by atoms with Crippen molar-refractivity contribution in [3.63, 3.8) is 0 Å². The molecule has 3 unspecified atom stereocenters. The summed E-state index contributed by atoms with van der Waals surface area (Å²) in [4.78, 5) is 11.1. The number of aliphatic hydroxyl groups excluding tert-OH is 1. The smallest absolute Gasteiger partial charge is 0.229 e. The molecule has 0 aromatic heterocycles. The predicted octanol–water partition coefficient (Wildman–Crippen LogP) is 1.51. The summed E-state index contributed by atoms with van der Waals surface area (Å²) in [5.41, 5.74) is 0. The van der Waals surface area contributed by atoms with E-state index in [1.54, 1.807) is 30.4 Å². The molecule has 1 saturated heterocycles. The van der Waals surface area contributed by atoms with Crippen LogP contribution >= 0.6 is 47.5 Å². The fraction of sp³-hybridized carbons (Fsp3) is 0.750.